The second-order valence-electron chi connectivity index (χ2n) is 3.49. The van der Waals surface area contributed by atoms with E-state index in [1.807, 2.05) is 19.9 Å². The second kappa shape index (κ2) is 3.41. The lowest BCUT2D eigenvalue weighted by Crippen LogP contribution is -1.82. The van der Waals surface area contributed by atoms with Crippen molar-refractivity contribution >= 4 is 5.57 Å². The molecule has 1 aliphatic rings. The van der Waals surface area contributed by atoms with Gasteiger partial charge in [-0.2, -0.15) is 0 Å². The molecule has 0 aromatic heterocycles. The zero-order valence-electron chi connectivity index (χ0n) is 8.47. The fraction of sp³-hybridized carbons (Fsp3) is 0.231. The van der Waals surface area contributed by atoms with Gasteiger partial charge in [-0.3, -0.25) is 0 Å². The standard InChI is InChI=1S/C13H13F/c1-3-9-7-10-8-11(14)5-6-13(10)12(9)4-2/h3-6,8H,7H2,1-2H3/b9-3-,12-4+. The van der Waals surface area contributed by atoms with E-state index in [1.165, 1.54) is 22.8 Å². The molecule has 0 N–H and O–H groups in total. The maximum atomic E-state index is 13.0. The Kier molecular flexibility index (Phi) is 2.24. The van der Waals surface area contributed by atoms with Gasteiger partial charge in [-0.15, -0.1) is 0 Å². The predicted octanol–water partition coefficient (Wildman–Crippen LogP) is 3.73. The van der Waals surface area contributed by atoms with Crippen LogP contribution in [0.1, 0.15) is 25.0 Å². The molecule has 0 amide bonds. The van der Waals surface area contributed by atoms with Crippen LogP contribution in [-0.4, -0.2) is 0 Å². The van der Waals surface area contributed by atoms with Gasteiger partial charge in [0.15, 0.2) is 0 Å². The maximum absolute atomic E-state index is 13.0. The predicted molar refractivity (Wildman–Crippen MR) is 57.5 cm³/mol. The molecule has 0 spiro atoms. The van der Waals surface area contributed by atoms with Gasteiger partial charge in [0.1, 0.15) is 5.82 Å². The van der Waals surface area contributed by atoms with E-state index in [4.69, 9.17) is 0 Å². The third-order valence-electron chi connectivity index (χ3n) is 2.72. The first-order valence-electron chi connectivity index (χ1n) is 4.87. The highest BCUT2D eigenvalue weighted by Crippen LogP contribution is 2.36. The summed E-state index contributed by atoms with van der Waals surface area (Å²) < 4.78 is 13.0. The van der Waals surface area contributed by atoms with Crippen LogP contribution in [0, 0.1) is 5.82 Å². The fourth-order valence-corrected chi connectivity index (χ4v) is 2.04. The van der Waals surface area contributed by atoms with Crippen LogP contribution >= 0.6 is 0 Å². The number of halogens is 1. The van der Waals surface area contributed by atoms with Crippen molar-refractivity contribution < 1.29 is 4.39 Å². The molecule has 0 atom stereocenters. The third-order valence-corrected chi connectivity index (χ3v) is 2.72. The van der Waals surface area contributed by atoms with Crippen LogP contribution in [0.3, 0.4) is 0 Å². The number of hydrogen-bond donors (Lipinski definition) is 0. The molecular weight excluding hydrogens is 175 g/mol. The number of hydrogen-bond acceptors (Lipinski definition) is 0. The summed E-state index contributed by atoms with van der Waals surface area (Å²) in [6.45, 7) is 4.05. The van der Waals surface area contributed by atoms with Gasteiger partial charge in [0.05, 0.1) is 0 Å². The first-order chi connectivity index (χ1) is 6.76. The van der Waals surface area contributed by atoms with E-state index in [-0.39, 0.29) is 5.82 Å². The monoisotopic (exact) mass is 188 g/mol. The molecule has 1 aliphatic carbocycles. The molecule has 0 saturated heterocycles. The van der Waals surface area contributed by atoms with Gasteiger partial charge < -0.3 is 0 Å². The number of allylic oxidation sites excluding steroid dienone is 4. The molecule has 1 aromatic rings. The quantitative estimate of drug-likeness (QED) is 0.582. The molecule has 0 nitrogen and oxygen atoms in total. The SMILES string of the molecule is C/C=C1/Cc2cc(F)ccc2/C1=C/C. The van der Waals surface area contributed by atoms with E-state index in [0.717, 1.165) is 12.0 Å². The van der Waals surface area contributed by atoms with Crippen molar-refractivity contribution in [3.05, 3.63) is 52.9 Å². The highest BCUT2D eigenvalue weighted by Gasteiger charge is 2.19. The zero-order chi connectivity index (χ0) is 10.1. The first kappa shape index (κ1) is 9.20. The Balaban J connectivity index is 2.59. The van der Waals surface area contributed by atoms with Crippen LogP contribution in [0.2, 0.25) is 0 Å². The third kappa shape index (κ3) is 1.29. The molecule has 1 heteroatoms. The average Bonchev–Trinajstić information content (AvgIpc) is 2.54. The van der Waals surface area contributed by atoms with Gasteiger partial charge in [0, 0.05) is 0 Å². The molecule has 0 bridgehead atoms. The van der Waals surface area contributed by atoms with Crippen molar-refractivity contribution in [3.63, 3.8) is 0 Å². The summed E-state index contributed by atoms with van der Waals surface area (Å²) in [5, 5.41) is 0. The summed E-state index contributed by atoms with van der Waals surface area (Å²) in [4.78, 5) is 0. The summed E-state index contributed by atoms with van der Waals surface area (Å²) >= 11 is 0. The van der Waals surface area contributed by atoms with Crippen LogP contribution in [0.5, 0.6) is 0 Å². The first-order valence-corrected chi connectivity index (χ1v) is 4.87. The topological polar surface area (TPSA) is 0 Å². The lowest BCUT2D eigenvalue weighted by atomic mass is 10.1. The Hall–Kier alpha value is -1.37. The lowest BCUT2D eigenvalue weighted by Gasteiger charge is -2.00. The Morgan fingerprint density at radius 1 is 1.21 bits per heavy atom. The summed E-state index contributed by atoms with van der Waals surface area (Å²) in [5.41, 5.74) is 4.84. The molecular formula is C13H13F. The van der Waals surface area contributed by atoms with Gasteiger partial charge in [0.25, 0.3) is 0 Å². The zero-order valence-corrected chi connectivity index (χ0v) is 8.47. The average molecular weight is 188 g/mol. The molecule has 0 fully saturated rings. The van der Waals surface area contributed by atoms with Gasteiger partial charge in [0.2, 0.25) is 0 Å². The van der Waals surface area contributed by atoms with Crippen molar-refractivity contribution in [2.75, 3.05) is 0 Å². The molecule has 0 heterocycles. The van der Waals surface area contributed by atoms with E-state index in [9.17, 15) is 4.39 Å². The number of fused-ring (bicyclic) bond motifs is 1. The Morgan fingerprint density at radius 3 is 2.64 bits per heavy atom. The van der Waals surface area contributed by atoms with E-state index in [0.29, 0.717) is 0 Å². The van der Waals surface area contributed by atoms with Gasteiger partial charge in [-0.1, -0.05) is 18.2 Å². The minimum absolute atomic E-state index is 0.142. The Morgan fingerprint density at radius 2 is 2.00 bits per heavy atom. The Bertz CT molecular complexity index is 425. The second-order valence-corrected chi connectivity index (χ2v) is 3.49. The van der Waals surface area contributed by atoms with E-state index in [1.54, 1.807) is 6.07 Å². The van der Waals surface area contributed by atoms with Crippen molar-refractivity contribution in [1.29, 1.82) is 0 Å². The summed E-state index contributed by atoms with van der Waals surface area (Å²) in [7, 11) is 0. The fourth-order valence-electron chi connectivity index (χ4n) is 2.04. The van der Waals surface area contributed by atoms with Gasteiger partial charge >= 0.3 is 0 Å². The minimum Gasteiger partial charge on any atom is -0.207 e. The summed E-state index contributed by atoms with van der Waals surface area (Å²) in [6, 6.07) is 5.03. The van der Waals surface area contributed by atoms with E-state index < -0.39 is 0 Å². The normalized spacial score (nSPS) is 20.5. The molecule has 0 aliphatic heterocycles. The van der Waals surface area contributed by atoms with Gasteiger partial charge in [-0.05, 0) is 54.7 Å². The van der Waals surface area contributed by atoms with Crippen LogP contribution in [0.4, 0.5) is 4.39 Å². The van der Waals surface area contributed by atoms with Crippen molar-refractivity contribution in [2.45, 2.75) is 20.3 Å². The van der Waals surface area contributed by atoms with Crippen LogP contribution in [0.25, 0.3) is 5.57 Å². The largest absolute Gasteiger partial charge is 0.207 e. The molecule has 14 heavy (non-hydrogen) atoms. The summed E-state index contributed by atoms with van der Waals surface area (Å²) in [5.74, 6) is -0.142. The molecule has 0 radical (unpaired) electrons. The van der Waals surface area contributed by atoms with Crippen LogP contribution in [0.15, 0.2) is 35.9 Å². The molecule has 2 rings (SSSR count). The van der Waals surface area contributed by atoms with Crippen LogP contribution in [-0.2, 0) is 6.42 Å². The van der Waals surface area contributed by atoms with E-state index >= 15 is 0 Å². The summed E-state index contributed by atoms with van der Waals surface area (Å²) in [6.07, 6.45) is 5.07. The molecule has 0 saturated carbocycles. The van der Waals surface area contributed by atoms with E-state index in [2.05, 4.69) is 12.2 Å². The maximum Gasteiger partial charge on any atom is 0.123 e. The minimum atomic E-state index is -0.142. The number of benzene rings is 1. The lowest BCUT2D eigenvalue weighted by molar-refractivity contribution is 0.626. The Labute approximate surface area is 83.8 Å². The highest BCUT2D eigenvalue weighted by molar-refractivity contribution is 5.85. The molecule has 0 unspecified atom stereocenters. The number of rotatable bonds is 0. The van der Waals surface area contributed by atoms with Crippen LogP contribution < -0.4 is 0 Å². The van der Waals surface area contributed by atoms with Crippen molar-refractivity contribution in [2.24, 2.45) is 0 Å². The molecule has 1 aromatic carbocycles. The van der Waals surface area contributed by atoms with Crippen molar-refractivity contribution in [1.82, 2.24) is 0 Å². The molecule has 72 valence electrons. The smallest absolute Gasteiger partial charge is 0.123 e. The highest BCUT2D eigenvalue weighted by atomic mass is 19.1. The van der Waals surface area contributed by atoms with Crippen molar-refractivity contribution in [3.8, 4) is 0 Å². The van der Waals surface area contributed by atoms with Gasteiger partial charge in [-0.25, -0.2) is 4.39 Å².